The minimum absolute atomic E-state index is 0.120. The van der Waals surface area contributed by atoms with Gasteiger partial charge in [-0.3, -0.25) is 4.79 Å². The molecule has 5 nitrogen and oxygen atoms in total. The topological polar surface area (TPSA) is 66.8 Å². The van der Waals surface area contributed by atoms with Crippen LogP contribution in [0.1, 0.15) is 27.7 Å². The molecule has 0 radical (unpaired) electrons. The third-order valence-electron chi connectivity index (χ3n) is 3.28. The lowest BCUT2D eigenvalue weighted by atomic mass is 9.96. The molecule has 1 aliphatic heterocycles. The van der Waals surface area contributed by atoms with Crippen LogP contribution in [0.2, 0.25) is 0 Å². The first-order valence-corrected chi connectivity index (χ1v) is 6.10. The van der Waals surface area contributed by atoms with Gasteiger partial charge in [-0.1, -0.05) is 32.9 Å². The Kier molecular flexibility index (Phi) is 4.51. The summed E-state index contributed by atoms with van der Waals surface area (Å²) in [5, 5.41) is 9.84. The van der Waals surface area contributed by atoms with Gasteiger partial charge in [0, 0.05) is 0 Å². The lowest BCUT2D eigenvalue weighted by molar-refractivity contribution is -0.136. The van der Waals surface area contributed by atoms with Crippen molar-refractivity contribution in [3.05, 3.63) is 12.2 Å². The molecule has 0 aromatic rings. The van der Waals surface area contributed by atoms with Crippen LogP contribution in [0.5, 0.6) is 0 Å². The monoisotopic (exact) mass is 255 g/mol. The molecule has 0 aromatic carbocycles. The van der Waals surface area contributed by atoms with Crippen molar-refractivity contribution in [1.82, 2.24) is 4.90 Å². The predicted octanol–water partition coefficient (Wildman–Crippen LogP) is 1.56. The molecule has 0 saturated carbocycles. The van der Waals surface area contributed by atoms with Crippen LogP contribution in [0.4, 0.5) is 4.79 Å². The molecule has 18 heavy (non-hydrogen) atoms. The first kappa shape index (κ1) is 14.7. The predicted molar refractivity (Wildman–Crippen MR) is 66.8 cm³/mol. The van der Waals surface area contributed by atoms with E-state index >= 15 is 0 Å². The van der Waals surface area contributed by atoms with Crippen LogP contribution in [0.25, 0.3) is 0 Å². The summed E-state index contributed by atoms with van der Waals surface area (Å²) in [7, 11) is 0. The fourth-order valence-electron chi connectivity index (χ4n) is 1.96. The van der Waals surface area contributed by atoms with Crippen LogP contribution in [0.3, 0.4) is 0 Å². The Morgan fingerprint density at radius 3 is 2.50 bits per heavy atom. The number of cyclic esters (lactones) is 1. The van der Waals surface area contributed by atoms with Gasteiger partial charge in [-0.25, -0.2) is 9.69 Å². The maximum atomic E-state index is 12.2. The van der Waals surface area contributed by atoms with Crippen molar-refractivity contribution in [2.24, 2.45) is 11.8 Å². The Balaban J connectivity index is 2.87. The highest BCUT2D eigenvalue weighted by molar-refractivity contribution is 5.95. The molecule has 1 saturated heterocycles. The summed E-state index contributed by atoms with van der Waals surface area (Å²) in [6, 6.07) is -0.259. The summed E-state index contributed by atoms with van der Waals surface area (Å²) in [5.41, 5.74) is 0.504. The van der Waals surface area contributed by atoms with Gasteiger partial charge >= 0.3 is 6.09 Å². The number of nitrogens with zero attached hydrogens (tertiary/aromatic N) is 1. The molecule has 0 spiro atoms. The van der Waals surface area contributed by atoms with E-state index in [1.165, 1.54) is 0 Å². The average Bonchev–Trinajstić information content (AvgIpc) is 2.68. The Bertz CT molecular complexity index is 364. The second-order valence-electron chi connectivity index (χ2n) is 5.18. The molecule has 2 amide bonds. The highest BCUT2D eigenvalue weighted by atomic mass is 16.6. The van der Waals surface area contributed by atoms with E-state index in [4.69, 9.17) is 4.74 Å². The molecular weight excluding hydrogens is 234 g/mol. The molecule has 0 aromatic heterocycles. The molecule has 0 bridgehead atoms. The number of amides is 2. The quantitative estimate of drug-likeness (QED) is 0.774. The van der Waals surface area contributed by atoms with Crippen molar-refractivity contribution in [2.45, 2.75) is 39.8 Å². The van der Waals surface area contributed by atoms with E-state index in [0.717, 1.165) is 4.90 Å². The number of hydrogen-bond donors (Lipinski definition) is 1. The van der Waals surface area contributed by atoms with Crippen molar-refractivity contribution >= 4 is 12.0 Å². The summed E-state index contributed by atoms with van der Waals surface area (Å²) in [6.45, 7) is 10.9. The van der Waals surface area contributed by atoms with E-state index in [9.17, 15) is 14.7 Å². The maximum Gasteiger partial charge on any atom is 0.416 e. The minimum Gasteiger partial charge on any atom is -0.447 e. The van der Waals surface area contributed by atoms with Gasteiger partial charge in [0.25, 0.3) is 0 Å². The number of aliphatic hydroxyl groups is 1. The lowest BCUT2D eigenvalue weighted by Crippen LogP contribution is -2.46. The average molecular weight is 255 g/mol. The summed E-state index contributed by atoms with van der Waals surface area (Å²) in [6.07, 6.45) is -1.57. The smallest absolute Gasteiger partial charge is 0.416 e. The van der Waals surface area contributed by atoms with E-state index in [1.54, 1.807) is 13.8 Å². The van der Waals surface area contributed by atoms with Crippen LogP contribution in [-0.4, -0.2) is 40.8 Å². The SMILES string of the molecule is C=C(C)[C@@H](O)[C@H](C)C(=O)N1C(=O)OC[C@@H]1C(C)C. The van der Waals surface area contributed by atoms with Crippen molar-refractivity contribution in [2.75, 3.05) is 6.61 Å². The van der Waals surface area contributed by atoms with Gasteiger partial charge < -0.3 is 9.84 Å². The summed E-state index contributed by atoms with van der Waals surface area (Å²) in [5.74, 6) is -0.990. The van der Waals surface area contributed by atoms with Gasteiger partial charge in [0.05, 0.1) is 18.1 Å². The first-order chi connectivity index (χ1) is 8.27. The van der Waals surface area contributed by atoms with E-state index in [0.29, 0.717) is 5.57 Å². The first-order valence-electron chi connectivity index (χ1n) is 6.10. The molecule has 1 N–H and O–H groups in total. The van der Waals surface area contributed by atoms with Gasteiger partial charge in [-0.05, 0) is 12.8 Å². The van der Waals surface area contributed by atoms with Gasteiger partial charge in [-0.2, -0.15) is 0 Å². The molecule has 1 fully saturated rings. The number of ether oxygens (including phenoxy) is 1. The van der Waals surface area contributed by atoms with E-state index < -0.39 is 24.0 Å². The van der Waals surface area contributed by atoms with Crippen molar-refractivity contribution in [3.8, 4) is 0 Å². The maximum absolute atomic E-state index is 12.2. The van der Waals surface area contributed by atoms with E-state index in [1.807, 2.05) is 13.8 Å². The largest absolute Gasteiger partial charge is 0.447 e. The van der Waals surface area contributed by atoms with Crippen molar-refractivity contribution in [1.29, 1.82) is 0 Å². The van der Waals surface area contributed by atoms with Gasteiger partial charge in [0.1, 0.15) is 6.61 Å². The number of hydrogen-bond acceptors (Lipinski definition) is 4. The summed E-state index contributed by atoms with van der Waals surface area (Å²) >= 11 is 0. The zero-order valence-corrected chi connectivity index (χ0v) is 11.3. The van der Waals surface area contributed by atoms with Crippen molar-refractivity contribution in [3.63, 3.8) is 0 Å². The Morgan fingerprint density at radius 2 is 2.06 bits per heavy atom. The highest BCUT2D eigenvalue weighted by Gasteiger charge is 2.42. The third-order valence-corrected chi connectivity index (χ3v) is 3.28. The number of rotatable bonds is 4. The minimum atomic E-state index is -0.946. The molecule has 0 unspecified atom stereocenters. The zero-order chi connectivity index (χ0) is 14.0. The second-order valence-corrected chi connectivity index (χ2v) is 5.18. The van der Waals surface area contributed by atoms with Gasteiger partial charge in [0.15, 0.2) is 0 Å². The Labute approximate surface area is 107 Å². The molecule has 5 heteroatoms. The fourth-order valence-corrected chi connectivity index (χ4v) is 1.96. The number of aliphatic hydroxyl groups excluding tert-OH is 1. The van der Waals surface area contributed by atoms with Crippen LogP contribution < -0.4 is 0 Å². The Hall–Kier alpha value is -1.36. The van der Waals surface area contributed by atoms with E-state index in [2.05, 4.69) is 6.58 Å². The van der Waals surface area contributed by atoms with E-state index in [-0.39, 0.29) is 18.6 Å². The lowest BCUT2D eigenvalue weighted by Gasteiger charge is -2.27. The third kappa shape index (κ3) is 2.72. The number of carbonyl (C=O) groups excluding carboxylic acids is 2. The van der Waals surface area contributed by atoms with Crippen LogP contribution in [0, 0.1) is 11.8 Å². The standard InChI is InChI=1S/C13H21NO4/c1-7(2)10-6-18-13(17)14(10)12(16)9(5)11(15)8(3)4/h7,9-11,15H,3,6H2,1-2,4-5H3/t9-,10+,11+/m0/s1. The molecule has 1 heterocycles. The highest BCUT2D eigenvalue weighted by Crippen LogP contribution is 2.24. The molecule has 3 atom stereocenters. The normalized spacial score (nSPS) is 22.9. The second kappa shape index (κ2) is 5.52. The summed E-state index contributed by atoms with van der Waals surface area (Å²) in [4.78, 5) is 25.0. The number of carbonyl (C=O) groups is 2. The summed E-state index contributed by atoms with van der Waals surface area (Å²) < 4.78 is 4.91. The van der Waals surface area contributed by atoms with Gasteiger partial charge in [0.2, 0.25) is 5.91 Å². The molecular formula is C13H21NO4. The molecule has 0 aliphatic carbocycles. The van der Waals surface area contributed by atoms with Gasteiger partial charge in [-0.15, -0.1) is 0 Å². The van der Waals surface area contributed by atoms with Crippen LogP contribution in [0.15, 0.2) is 12.2 Å². The fraction of sp³-hybridized carbons (Fsp3) is 0.692. The molecule has 1 aliphatic rings. The van der Waals surface area contributed by atoms with Crippen LogP contribution >= 0.6 is 0 Å². The van der Waals surface area contributed by atoms with Crippen LogP contribution in [-0.2, 0) is 9.53 Å². The van der Waals surface area contributed by atoms with Crippen molar-refractivity contribution < 1.29 is 19.4 Å². The molecule has 102 valence electrons. The molecule has 1 rings (SSSR count). The number of imide groups is 1. The Morgan fingerprint density at radius 1 is 1.50 bits per heavy atom. The zero-order valence-electron chi connectivity index (χ0n) is 11.3.